The summed E-state index contributed by atoms with van der Waals surface area (Å²) >= 11 is 0. The molecular weight excluding hydrogens is 194 g/mol. The number of aromatic amines is 2. The van der Waals surface area contributed by atoms with Crippen LogP contribution in [0.1, 0.15) is 39.5 Å². The normalized spacial score (nSPS) is 12.9. The first-order valence-corrected chi connectivity index (χ1v) is 5.56. The lowest BCUT2D eigenvalue weighted by Gasteiger charge is -2.13. The lowest BCUT2D eigenvalue weighted by molar-refractivity contribution is 0.381. The highest BCUT2D eigenvalue weighted by Gasteiger charge is 2.10. The molecule has 1 aromatic heterocycles. The minimum Gasteiger partial charge on any atom is -0.247 e. The van der Waals surface area contributed by atoms with E-state index < -0.39 is 0 Å². The predicted molar refractivity (Wildman–Crippen MR) is 59.0 cm³/mol. The summed E-state index contributed by atoms with van der Waals surface area (Å²) in [7, 11) is 0. The lowest BCUT2D eigenvalue weighted by Crippen LogP contribution is -2.29. The molecule has 1 aromatic rings. The second-order valence-electron chi connectivity index (χ2n) is 3.89. The van der Waals surface area contributed by atoms with Gasteiger partial charge >= 0.3 is 11.4 Å². The molecule has 0 aliphatic carbocycles. The molecule has 0 aromatic carbocycles. The Bertz CT molecular complexity index is 360. The van der Waals surface area contributed by atoms with E-state index in [9.17, 15) is 9.59 Å². The van der Waals surface area contributed by atoms with Crippen LogP contribution in [0.2, 0.25) is 0 Å². The van der Waals surface area contributed by atoms with E-state index in [1.165, 1.54) is 4.57 Å². The molecule has 0 bridgehead atoms. The molecule has 0 fully saturated rings. The molecule has 0 spiro atoms. The van der Waals surface area contributed by atoms with E-state index in [-0.39, 0.29) is 11.4 Å². The zero-order chi connectivity index (χ0) is 11.3. The van der Waals surface area contributed by atoms with E-state index in [4.69, 9.17) is 0 Å². The lowest BCUT2D eigenvalue weighted by atomic mass is 9.99. The number of nitrogens with one attached hydrogen (secondary N) is 2. The quantitative estimate of drug-likeness (QED) is 0.742. The Morgan fingerprint density at radius 2 is 1.80 bits per heavy atom. The fourth-order valence-electron chi connectivity index (χ4n) is 1.68. The summed E-state index contributed by atoms with van der Waals surface area (Å²) in [4.78, 5) is 22.5. The average Bonchev–Trinajstić information content (AvgIpc) is 2.55. The van der Waals surface area contributed by atoms with Gasteiger partial charge in [-0.2, -0.15) is 0 Å². The van der Waals surface area contributed by atoms with Crippen LogP contribution in [-0.4, -0.2) is 14.8 Å². The van der Waals surface area contributed by atoms with Gasteiger partial charge in [0.1, 0.15) is 0 Å². The Balaban J connectivity index is 2.66. The average molecular weight is 213 g/mol. The number of hydrogen-bond acceptors (Lipinski definition) is 2. The van der Waals surface area contributed by atoms with Gasteiger partial charge in [-0.15, -0.1) is 0 Å². The highest BCUT2D eigenvalue weighted by molar-refractivity contribution is 4.68. The van der Waals surface area contributed by atoms with Crippen LogP contribution in [0.3, 0.4) is 0 Å². The van der Waals surface area contributed by atoms with E-state index in [0.717, 1.165) is 25.7 Å². The highest BCUT2D eigenvalue weighted by Crippen LogP contribution is 2.13. The van der Waals surface area contributed by atoms with Gasteiger partial charge in [-0.3, -0.25) is 0 Å². The number of hydrogen-bond donors (Lipinski definition) is 2. The molecule has 1 rings (SSSR count). The van der Waals surface area contributed by atoms with Crippen LogP contribution >= 0.6 is 0 Å². The van der Waals surface area contributed by atoms with Crippen molar-refractivity contribution >= 4 is 0 Å². The Hall–Kier alpha value is -1.26. The van der Waals surface area contributed by atoms with E-state index in [1.54, 1.807) is 0 Å². The van der Waals surface area contributed by atoms with Crippen molar-refractivity contribution in [2.75, 3.05) is 0 Å². The monoisotopic (exact) mass is 213 g/mol. The number of unbranched alkanes of at least 4 members (excludes halogenated alkanes) is 1. The van der Waals surface area contributed by atoms with Gasteiger partial charge in [0.25, 0.3) is 0 Å². The summed E-state index contributed by atoms with van der Waals surface area (Å²) in [6.07, 6.45) is 4.37. The summed E-state index contributed by atoms with van der Waals surface area (Å²) in [6.45, 7) is 4.75. The SMILES string of the molecule is CCCCC(CC)Cn1c(=O)[nH][nH]c1=O. The van der Waals surface area contributed by atoms with Crippen molar-refractivity contribution in [3.8, 4) is 0 Å². The van der Waals surface area contributed by atoms with Gasteiger partial charge in [-0.25, -0.2) is 24.4 Å². The van der Waals surface area contributed by atoms with Crippen molar-refractivity contribution < 1.29 is 0 Å². The van der Waals surface area contributed by atoms with Crippen molar-refractivity contribution in [1.82, 2.24) is 14.8 Å². The van der Waals surface area contributed by atoms with Gasteiger partial charge in [0.15, 0.2) is 0 Å². The van der Waals surface area contributed by atoms with Crippen LogP contribution in [-0.2, 0) is 6.54 Å². The van der Waals surface area contributed by atoms with Gasteiger partial charge < -0.3 is 0 Å². The number of rotatable bonds is 6. The third-order valence-electron chi connectivity index (χ3n) is 2.75. The molecule has 0 aliphatic rings. The maximum absolute atomic E-state index is 11.2. The molecule has 1 unspecified atom stereocenters. The Morgan fingerprint density at radius 3 is 2.27 bits per heavy atom. The van der Waals surface area contributed by atoms with Gasteiger partial charge in [0.05, 0.1) is 0 Å². The minimum absolute atomic E-state index is 0.338. The second-order valence-corrected chi connectivity index (χ2v) is 3.89. The summed E-state index contributed by atoms with van der Waals surface area (Å²) in [5.41, 5.74) is -0.676. The maximum atomic E-state index is 11.2. The van der Waals surface area contributed by atoms with Crippen molar-refractivity contribution in [3.63, 3.8) is 0 Å². The number of aromatic nitrogens is 3. The molecule has 5 heteroatoms. The van der Waals surface area contributed by atoms with Crippen LogP contribution < -0.4 is 11.4 Å². The first-order valence-electron chi connectivity index (χ1n) is 5.56. The third-order valence-corrected chi connectivity index (χ3v) is 2.75. The molecule has 15 heavy (non-hydrogen) atoms. The van der Waals surface area contributed by atoms with Crippen LogP contribution in [0.4, 0.5) is 0 Å². The van der Waals surface area contributed by atoms with Gasteiger partial charge in [-0.1, -0.05) is 33.1 Å². The van der Waals surface area contributed by atoms with E-state index in [0.29, 0.717) is 12.5 Å². The van der Waals surface area contributed by atoms with E-state index >= 15 is 0 Å². The summed E-state index contributed by atoms with van der Waals surface area (Å²) in [6, 6.07) is 0. The zero-order valence-corrected chi connectivity index (χ0v) is 9.38. The van der Waals surface area contributed by atoms with Gasteiger partial charge in [-0.05, 0) is 12.3 Å². The fraction of sp³-hybridized carbons (Fsp3) is 0.800. The molecule has 5 nitrogen and oxygen atoms in total. The predicted octanol–water partition coefficient (Wildman–Crippen LogP) is 1.08. The van der Waals surface area contributed by atoms with Crippen molar-refractivity contribution in [1.29, 1.82) is 0 Å². The van der Waals surface area contributed by atoms with Gasteiger partial charge in [0, 0.05) is 6.54 Å². The van der Waals surface area contributed by atoms with E-state index in [1.807, 2.05) is 0 Å². The van der Waals surface area contributed by atoms with Crippen molar-refractivity contribution in [3.05, 3.63) is 21.0 Å². The zero-order valence-electron chi connectivity index (χ0n) is 9.38. The molecular formula is C10H19N3O2. The summed E-state index contributed by atoms with van der Waals surface area (Å²) in [5.74, 6) is 0.416. The molecule has 0 amide bonds. The molecule has 86 valence electrons. The molecule has 0 aliphatic heterocycles. The molecule has 0 radical (unpaired) electrons. The Kier molecular flexibility index (Phi) is 4.39. The Morgan fingerprint density at radius 1 is 1.20 bits per heavy atom. The van der Waals surface area contributed by atoms with Crippen LogP contribution in [0.5, 0.6) is 0 Å². The van der Waals surface area contributed by atoms with Crippen molar-refractivity contribution in [2.24, 2.45) is 5.92 Å². The molecule has 2 N–H and O–H groups in total. The number of nitrogens with zero attached hydrogens (tertiary/aromatic N) is 1. The van der Waals surface area contributed by atoms with Crippen LogP contribution in [0.25, 0.3) is 0 Å². The van der Waals surface area contributed by atoms with Crippen LogP contribution in [0, 0.1) is 5.92 Å². The van der Waals surface area contributed by atoms with Gasteiger partial charge in [0.2, 0.25) is 0 Å². The standard InChI is InChI=1S/C10H19N3O2/c1-3-5-6-8(4-2)7-13-9(14)11-12-10(13)15/h8H,3-7H2,1-2H3,(H,11,14)(H,12,15). The largest absolute Gasteiger partial charge is 0.344 e. The second kappa shape index (κ2) is 5.58. The topological polar surface area (TPSA) is 70.7 Å². The maximum Gasteiger partial charge on any atom is 0.344 e. The van der Waals surface area contributed by atoms with E-state index in [2.05, 4.69) is 24.0 Å². The number of H-pyrrole nitrogens is 2. The third kappa shape index (κ3) is 3.11. The van der Waals surface area contributed by atoms with Crippen LogP contribution in [0.15, 0.2) is 9.59 Å². The molecule has 1 atom stereocenters. The Labute approximate surface area is 88.5 Å². The molecule has 1 heterocycles. The molecule has 0 saturated heterocycles. The van der Waals surface area contributed by atoms with Crippen molar-refractivity contribution in [2.45, 2.75) is 46.1 Å². The molecule has 0 saturated carbocycles. The first kappa shape index (κ1) is 11.8. The minimum atomic E-state index is -0.338. The first-order chi connectivity index (χ1) is 7.19. The fourth-order valence-corrected chi connectivity index (χ4v) is 1.68. The smallest absolute Gasteiger partial charge is 0.247 e. The summed E-state index contributed by atoms with van der Waals surface area (Å²) < 4.78 is 1.24. The summed E-state index contributed by atoms with van der Waals surface area (Å²) in [5, 5.41) is 4.58. The highest BCUT2D eigenvalue weighted by atomic mass is 16.2.